The third-order valence-electron chi connectivity index (χ3n) is 1.47. The Balaban J connectivity index is 2.89. The van der Waals surface area contributed by atoms with Crippen molar-refractivity contribution in [3.8, 4) is 5.75 Å². The number of hydrazone groups is 1. The van der Waals surface area contributed by atoms with Crippen LogP contribution in [0.4, 0.5) is 0 Å². The zero-order valence-corrected chi connectivity index (χ0v) is 7.24. The van der Waals surface area contributed by atoms with E-state index < -0.39 is 0 Å². The topological polar surface area (TPSA) is 33.6 Å². The molecule has 1 N–H and O–H groups in total. The predicted octanol–water partition coefficient (Wildman–Crippen LogP) is 1.25. The molecule has 0 atom stereocenters. The monoisotopic (exact) mass is 164 g/mol. The van der Waals surface area contributed by atoms with Crippen molar-refractivity contribution in [2.45, 2.75) is 0 Å². The van der Waals surface area contributed by atoms with E-state index in [-0.39, 0.29) is 0 Å². The van der Waals surface area contributed by atoms with Crippen molar-refractivity contribution in [3.05, 3.63) is 29.8 Å². The van der Waals surface area contributed by atoms with Crippen LogP contribution < -0.4 is 10.2 Å². The Labute approximate surface area is 72.1 Å². The van der Waals surface area contributed by atoms with Crippen LogP contribution in [-0.4, -0.2) is 20.4 Å². The Bertz CT molecular complexity index is 271. The van der Waals surface area contributed by atoms with Crippen LogP contribution in [0.2, 0.25) is 0 Å². The van der Waals surface area contributed by atoms with Crippen molar-refractivity contribution in [1.82, 2.24) is 5.43 Å². The number of nitrogens with one attached hydrogen (secondary N) is 1. The molecule has 0 aliphatic rings. The van der Waals surface area contributed by atoms with E-state index in [1.807, 2.05) is 24.3 Å². The van der Waals surface area contributed by atoms with Crippen molar-refractivity contribution in [1.29, 1.82) is 0 Å². The second-order valence-electron chi connectivity index (χ2n) is 2.22. The highest BCUT2D eigenvalue weighted by atomic mass is 16.5. The van der Waals surface area contributed by atoms with Crippen LogP contribution in [-0.2, 0) is 0 Å². The third kappa shape index (κ3) is 1.99. The molecule has 1 rings (SSSR count). The van der Waals surface area contributed by atoms with Gasteiger partial charge in [-0.1, -0.05) is 12.1 Å². The maximum atomic E-state index is 5.12. The van der Waals surface area contributed by atoms with Gasteiger partial charge in [0.05, 0.1) is 13.3 Å². The number of benzene rings is 1. The molecule has 0 unspecified atom stereocenters. The molecule has 1 aromatic carbocycles. The van der Waals surface area contributed by atoms with Crippen LogP contribution in [0, 0.1) is 0 Å². The molecule has 1 aromatic rings. The standard InChI is InChI=1S/C9H12N2O/c1-10-11-7-8-5-3-4-6-9(8)12-2/h3-7,10H,1-2H3/b11-7+. The van der Waals surface area contributed by atoms with Crippen LogP contribution in [0.1, 0.15) is 5.56 Å². The Morgan fingerprint density at radius 2 is 2.17 bits per heavy atom. The molecule has 0 spiro atoms. The van der Waals surface area contributed by atoms with Gasteiger partial charge in [0.25, 0.3) is 0 Å². The highest BCUT2D eigenvalue weighted by molar-refractivity contribution is 5.83. The molecule has 64 valence electrons. The maximum Gasteiger partial charge on any atom is 0.127 e. The number of methoxy groups -OCH3 is 1. The number of para-hydroxylation sites is 1. The molecular formula is C9H12N2O. The molecule has 0 fully saturated rings. The van der Waals surface area contributed by atoms with Gasteiger partial charge in [0, 0.05) is 12.6 Å². The average Bonchev–Trinajstić information content (AvgIpc) is 2.15. The minimum atomic E-state index is 0.830. The summed E-state index contributed by atoms with van der Waals surface area (Å²) < 4.78 is 5.12. The minimum absolute atomic E-state index is 0.830. The number of hydrogen-bond donors (Lipinski definition) is 1. The van der Waals surface area contributed by atoms with E-state index >= 15 is 0 Å². The highest BCUT2D eigenvalue weighted by Gasteiger charge is 1.95. The minimum Gasteiger partial charge on any atom is -0.496 e. The van der Waals surface area contributed by atoms with Gasteiger partial charge in [0.1, 0.15) is 5.75 Å². The molecular weight excluding hydrogens is 152 g/mol. The molecule has 0 heterocycles. The SMILES string of the molecule is CN/N=C/c1ccccc1OC. The largest absolute Gasteiger partial charge is 0.496 e. The first-order chi connectivity index (χ1) is 5.88. The average molecular weight is 164 g/mol. The summed E-state index contributed by atoms with van der Waals surface area (Å²) in [6.07, 6.45) is 1.72. The second kappa shape index (κ2) is 4.38. The summed E-state index contributed by atoms with van der Waals surface area (Å²) in [5.74, 6) is 0.830. The van der Waals surface area contributed by atoms with E-state index in [1.54, 1.807) is 20.4 Å². The summed E-state index contributed by atoms with van der Waals surface area (Å²) in [4.78, 5) is 0. The van der Waals surface area contributed by atoms with Gasteiger partial charge < -0.3 is 10.2 Å². The van der Waals surface area contributed by atoms with Crippen molar-refractivity contribution in [2.24, 2.45) is 5.10 Å². The van der Waals surface area contributed by atoms with Crippen molar-refractivity contribution in [2.75, 3.05) is 14.2 Å². The maximum absolute atomic E-state index is 5.12. The van der Waals surface area contributed by atoms with Gasteiger partial charge in [-0.05, 0) is 12.1 Å². The van der Waals surface area contributed by atoms with Gasteiger partial charge in [0.15, 0.2) is 0 Å². The van der Waals surface area contributed by atoms with Crippen LogP contribution in [0.25, 0.3) is 0 Å². The van der Waals surface area contributed by atoms with Gasteiger partial charge in [-0.25, -0.2) is 0 Å². The van der Waals surface area contributed by atoms with E-state index in [2.05, 4.69) is 10.5 Å². The van der Waals surface area contributed by atoms with Crippen LogP contribution >= 0.6 is 0 Å². The summed E-state index contributed by atoms with van der Waals surface area (Å²) in [7, 11) is 3.40. The fraction of sp³-hybridized carbons (Fsp3) is 0.222. The van der Waals surface area contributed by atoms with Gasteiger partial charge >= 0.3 is 0 Å². The lowest BCUT2D eigenvalue weighted by atomic mass is 10.2. The van der Waals surface area contributed by atoms with E-state index in [0.29, 0.717) is 0 Å². The van der Waals surface area contributed by atoms with Gasteiger partial charge in [0.2, 0.25) is 0 Å². The van der Waals surface area contributed by atoms with E-state index in [9.17, 15) is 0 Å². The summed E-state index contributed by atoms with van der Waals surface area (Å²) in [5, 5.41) is 3.90. The second-order valence-corrected chi connectivity index (χ2v) is 2.22. The number of rotatable bonds is 3. The molecule has 0 radical (unpaired) electrons. The molecule has 0 saturated heterocycles. The van der Waals surface area contributed by atoms with E-state index in [1.165, 1.54) is 0 Å². The molecule has 0 aliphatic heterocycles. The van der Waals surface area contributed by atoms with Gasteiger partial charge in [-0.2, -0.15) is 5.10 Å². The molecule has 12 heavy (non-hydrogen) atoms. The van der Waals surface area contributed by atoms with E-state index in [4.69, 9.17) is 4.74 Å². The number of ether oxygens (including phenoxy) is 1. The zero-order chi connectivity index (χ0) is 8.81. The molecule has 0 aromatic heterocycles. The fourth-order valence-electron chi connectivity index (χ4n) is 0.907. The first kappa shape index (κ1) is 8.59. The summed E-state index contributed by atoms with van der Waals surface area (Å²) in [6, 6.07) is 7.71. The van der Waals surface area contributed by atoms with Crippen molar-refractivity contribution < 1.29 is 4.74 Å². The third-order valence-corrected chi connectivity index (χ3v) is 1.47. The Morgan fingerprint density at radius 3 is 2.83 bits per heavy atom. The quantitative estimate of drug-likeness (QED) is 0.538. The Kier molecular flexibility index (Phi) is 3.14. The zero-order valence-electron chi connectivity index (χ0n) is 7.24. The van der Waals surface area contributed by atoms with Crippen LogP contribution in [0.3, 0.4) is 0 Å². The van der Waals surface area contributed by atoms with Crippen LogP contribution in [0.15, 0.2) is 29.4 Å². The fourth-order valence-corrected chi connectivity index (χ4v) is 0.907. The molecule has 0 amide bonds. The first-order valence-electron chi connectivity index (χ1n) is 3.71. The summed E-state index contributed by atoms with van der Waals surface area (Å²) in [6.45, 7) is 0. The summed E-state index contributed by atoms with van der Waals surface area (Å²) >= 11 is 0. The Hall–Kier alpha value is -1.51. The Morgan fingerprint density at radius 1 is 1.42 bits per heavy atom. The van der Waals surface area contributed by atoms with Gasteiger partial charge in [-0.3, -0.25) is 0 Å². The molecule has 0 saturated carbocycles. The smallest absolute Gasteiger partial charge is 0.127 e. The van der Waals surface area contributed by atoms with E-state index in [0.717, 1.165) is 11.3 Å². The first-order valence-corrected chi connectivity index (χ1v) is 3.71. The van der Waals surface area contributed by atoms with Crippen molar-refractivity contribution >= 4 is 6.21 Å². The molecule has 0 aliphatic carbocycles. The van der Waals surface area contributed by atoms with Crippen molar-refractivity contribution in [3.63, 3.8) is 0 Å². The molecule has 3 nitrogen and oxygen atoms in total. The normalized spacial score (nSPS) is 10.2. The summed E-state index contributed by atoms with van der Waals surface area (Å²) in [5.41, 5.74) is 3.65. The van der Waals surface area contributed by atoms with Gasteiger partial charge in [-0.15, -0.1) is 0 Å². The lowest BCUT2D eigenvalue weighted by Gasteiger charge is -2.02. The number of hydrogen-bond acceptors (Lipinski definition) is 3. The lowest BCUT2D eigenvalue weighted by molar-refractivity contribution is 0.414. The van der Waals surface area contributed by atoms with Crippen LogP contribution in [0.5, 0.6) is 5.75 Å². The predicted molar refractivity (Wildman–Crippen MR) is 49.6 cm³/mol. The lowest BCUT2D eigenvalue weighted by Crippen LogP contribution is -1.96. The number of nitrogens with zero attached hydrogens (tertiary/aromatic N) is 1. The molecule has 3 heteroatoms. The highest BCUT2D eigenvalue weighted by Crippen LogP contribution is 2.14. The molecule has 0 bridgehead atoms.